The van der Waals surface area contributed by atoms with Gasteiger partial charge < -0.3 is 0 Å². The molecule has 0 aliphatic heterocycles. The molecule has 0 bridgehead atoms. The number of nitrogens with zero attached hydrogens (tertiary/aromatic N) is 1. The zero-order valence-corrected chi connectivity index (χ0v) is 7.92. The lowest BCUT2D eigenvalue weighted by Crippen LogP contribution is -1.91. The Morgan fingerprint density at radius 1 is 1.27 bits per heavy atom. The molecule has 1 rings (SSSR count). The van der Waals surface area contributed by atoms with Gasteiger partial charge in [-0.25, -0.2) is 4.98 Å². The second-order valence-electron chi connectivity index (χ2n) is 2.01. The molecule has 0 atom stereocenters. The average molecular weight is 210 g/mol. The number of halogens is 3. The molecule has 0 spiro atoms. The highest BCUT2D eigenvalue weighted by atomic mass is 35.5. The molecule has 0 unspecified atom stereocenters. The maximum atomic E-state index is 5.75. The summed E-state index contributed by atoms with van der Waals surface area (Å²) in [4.78, 5) is 3.88. The van der Waals surface area contributed by atoms with Crippen molar-refractivity contribution in [2.45, 2.75) is 11.8 Å². The molecule has 60 valence electrons. The third kappa shape index (κ3) is 1.98. The number of aromatic nitrogens is 1. The van der Waals surface area contributed by atoms with Gasteiger partial charge in [0.05, 0.1) is 5.88 Å². The topological polar surface area (TPSA) is 12.9 Å². The SMILES string of the molecule is ClCc1ccnc(Cl)c1CCl. The van der Waals surface area contributed by atoms with E-state index in [4.69, 9.17) is 34.8 Å². The summed E-state index contributed by atoms with van der Waals surface area (Å²) >= 11 is 17.0. The van der Waals surface area contributed by atoms with Crippen LogP contribution in [-0.4, -0.2) is 4.98 Å². The number of alkyl halides is 2. The van der Waals surface area contributed by atoms with E-state index in [-0.39, 0.29) is 0 Å². The average Bonchev–Trinajstić information content (AvgIpc) is 2.04. The Labute approximate surface area is 80.3 Å². The van der Waals surface area contributed by atoms with Crippen LogP contribution in [0.5, 0.6) is 0 Å². The molecule has 0 radical (unpaired) electrons. The van der Waals surface area contributed by atoms with E-state index < -0.39 is 0 Å². The Hall–Kier alpha value is 0.0200. The van der Waals surface area contributed by atoms with Gasteiger partial charge in [0.15, 0.2) is 0 Å². The van der Waals surface area contributed by atoms with Crippen molar-refractivity contribution in [1.82, 2.24) is 4.98 Å². The molecule has 4 heteroatoms. The lowest BCUT2D eigenvalue weighted by Gasteiger charge is -2.03. The van der Waals surface area contributed by atoms with Gasteiger partial charge in [-0.2, -0.15) is 0 Å². The van der Waals surface area contributed by atoms with Crippen molar-refractivity contribution in [1.29, 1.82) is 0 Å². The van der Waals surface area contributed by atoms with Gasteiger partial charge in [0.2, 0.25) is 0 Å². The first kappa shape index (κ1) is 9.11. The Morgan fingerprint density at radius 2 is 2.00 bits per heavy atom. The Bertz CT molecular complexity index is 249. The minimum Gasteiger partial charge on any atom is -0.244 e. The molecular formula is C7H6Cl3N. The predicted octanol–water partition coefficient (Wildman–Crippen LogP) is 3.21. The molecule has 0 amide bonds. The van der Waals surface area contributed by atoms with Gasteiger partial charge in [-0.15, -0.1) is 23.2 Å². The Kier molecular flexibility index (Phi) is 3.44. The molecule has 0 aliphatic rings. The third-order valence-electron chi connectivity index (χ3n) is 1.38. The molecule has 1 nitrogen and oxygen atoms in total. The molecule has 0 aliphatic carbocycles. The van der Waals surface area contributed by atoms with Crippen molar-refractivity contribution in [2.24, 2.45) is 0 Å². The first-order valence-electron chi connectivity index (χ1n) is 3.03. The number of hydrogen-bond acceptors (Lipinski definition) is 1. The molecule has 0 aromatic carbocycles. The number of hydrogen-bond donors (Lipinski definition) is 0. The summed E-state index contributed by atoms with van der Waals surface area (Å²) in [6.45, 7) is 0. The van der Waals surface area contributed by atoms with Crippen LogP contribution in [0, 0.1) is 0 Å². The Morgan fingerprint density at radius 3 is 2.45 bits per heavy atom. The second kappa shape index (κ2) is 4.15. The third-order valence-corrected chi connectivity index (χ3v) is 2.26. The molecule has 0 saturated carbocycles. The van der Waals surface area contributed by atoms with Crippen LogP contribution in [0.25, 0.3) is 0 Å². The van der Waals surface area contributed by atoms with Crippen LogP contribution in [-0.2, 0) is 11.8 Å². The monoisotopic (exact) mass is 209 g/mol. The quantitative estimate of drug-likeness (QED) is 0.540. The summed E-state index contributed by atoms with van der Waals surface area (Å²) in [5.74, 6) is 0.777. The van der Waals surface area contributed by atoms with E-state index in [9.17, 15) is 0 Å². The maximum Gasteiger partial charge on any atom is 0.133 e. The fourth-order valence-corrected chi connectivity index (χ4v) is 1.63. The van der Waals surface area contributed by atoms with Gasteiger partial charge in [0, 0.05) is 17.6 Å². The largest absolute Gasteiger partial charge is 0.244 e. The van der Waals surface area contributed by atoms with Crippen LogP contribution in [0.2, 0.25) is 5.15 Å². The van der Waals surface area contributed by atoms with Gasteiger partial charge in [-0.05, 0) is 11.6 Å². The van der Waals surface area contributed by atoms with E-state index in [1.165, 1.54) is 0 Å². The van der Waals surface area contributed by atoms with Crippen LogP contribution in [0.3, 0.4) is 0 Å². The van der Waals surface area contributed by atoms with Crippen molar-refractivity contribution in [3.05, 3.63) is 28.5 Å². The molecule has 0 N–H and O–H groups in total. The minimum absolute atomic E-state index is 0.356. The summed E-state index contributed by atoms with van der Waals surface area (Å²) < 4.78 is 0. The summed E-state index contributed by atoms with van der Waals surface area (Å²) in [6.07, 6.45) is 1.62. The standard InChI is InChI=1S/C7H6Cl3N/c8-3-5-1-2-11-7(10)6(5)4-9/h1-2H,3-4H2. The summed E-state index contributed by atoms with van der Waals surface area (Å²) in [7, 11) is 0. The lowest BCUT2D eigenvalue weighted by atomic mass is 10.2. The first-order valence-corrected chi connectivity index (χ1v) is 4.48. The van der Waals surface area contributed by atoms with Crippen LogP contribution in [0.15, 0.2) is 12.3 Å². The van der Waals surface area contributed by atoms with E-state index >= 15 is 0 Å². The molecule has 11 heavy (non-hydrogen) atoms. The lowest BCUT2D eigenvalue weighted by molar-refractivity contribution is 1.18. The fraction of sp³-hybridized carbons (Fsp3) is 0.286. The predicted molar refractivity (Wildman–Crippen MR) is 48.4 cm³/mol. The van der Waals surface area contributed by atoms with Crippen molar-refractivity contribution in [3.8, 4) is 0 Å². The van der Waals surface area contributed by atoms with Gasteiger partial charge >= 0.3 is 0 Å². The first-order chi connectivity index (χ1) is 5.29. The van der Waals surface area contributed by atoms with Crippen LogP contribution in [0.1, 0.15) is 11.1 Å². The van der Waals surface area contributed by atoms with E-state index in [0.717, 1.165) is 11.1 Å². The molecule has 1 aromatic rings. The summed E-state index contributed by atoms with van der Waals surface area (Å²) in [6, 6.07) is 1.82. The van der Waals surface area contributed by atoms with E-state index in [2.05, 4.69) is 4.98 Å². The Balaban J connectivity index is 3.13. The molecule has 1 aromatic heterocycles. The van der Waals surface area contributed by atoms with Crippen molar-refractivity contribution >= 4 is 34.8 Å². The highest BCUT2D eigenvalue weighted by Gasteiger charge is 2.04. The zero-order chi connectivity index (χ0) is 8.27. The number of rotatable bonds is 2. The second-order valence-corrected chi connectivity index (χ2v) is 2.90. The van der Waals surface area contributed by atoms with Gasteiger partial charge in [0.25, 0.3) is 0 Å². The maximum absolute atomic E-state index is 5.75. The summed E-state index contributed by atoms with van der Waals surface area (Å²) in [5, 5.41) is 0.443. The van der Waals surface area contributed by atoms with E-state index in [0.29, 0.717) is 16.9 Å². The van der Waals surface area contributed by atoms with Crippen LogP contribution in [0.4, 0.5) is 0 Å². The smallest absolute Gasteiger partial charge is 0.133 e. The highest BCUT2D eigenvalue weighted by Crippen LogP contribution is 2.20. The van der Waals surface area contributed by atoms with Crippen LogP contribution >= 0.6 is 34.8 Å². The minimum atomic E-state index is 0.356. The molecule has 0 saturated heterocycles. The zero-order valence-electron chi connectivity index (χ0n) is 5.65. The van der Waals surface area contributed by atoms with Gasteiger partial charge in [-0.3, -0.25) is 0 Å². The highest BCUT2D eigenvalue weighted by molar-refractivity contribution is 6.31. The molecule has 1 heterocycles. The molecular weight excluding hydrogens is 204 g/mol. The summed E-state index contributed by atoms with van der Waals surface area (Å²) in [5.41, 5.74) is 1.77. The number of pyridine rings is 1. The van der Waals surface area contributed by atoms with Gasteiger partial charge in [0.1, 0.15) is 5.15 Å². The van der Waals surface area contributed by atoms with Crippen molar-refractivity contribution in [2.75, 3.05) is 0 Å². The fourth-order valence-electron chi connectivity index (χ4n) is 0.770. The van der Waals surface area contributed by atoms with Gasteiger partial charge in [-0.1, -0.05) is 11.6 Å². The normalized spacial score (nSPS) is 10.1. The van der Waals surface area contributed by atoms with E-state index in [1.807, 2.05) is 6.07 Å². The van der Waals surface area contributed by atoms with E-state index in [1.54, 1.807) is 6.20 Å². The van der Waals surface area contributed by atoms with Crippen molar-refractivity contribution in [3.63, 3.8) is 0 Å². The van der Waals surface area contributed by atoms with Crippen LogP contribution < -0.4 is 0 Å². The van der Waals surface area contributed by atoms with Crippen molar-refractivity contribution < 1.29 is 0 Å². The molecule has 0 fully saturated rings.